The van der Waals surface area contributed by atoms with Gasteiger partial charge in [-0.3, -0.25) is 9.69 Å². The molecular weight excluding hydrogens is 316 g/mol. The van der Waals surface area contributed by atoms with Gasteiger partial charge in [0.15, 0.2) is 0 Å². The van der Waals surface area contributed by atoms with Crippen molar-refractivity contribution in [3.63, 3.8) is 0 Å². The molecule has 25 heavy (non-hydrogen) atoms. The van der Waals surface area contributed by atoms with Crippen molar-refractivity contribution in [2.45, 2.75) is 32.4 Å². The summed E-state index contributed by atoms with van der Waals surface area (Å²) in [4.78, 5) is 27.0. The molecule has 0 spiro atoms. The number of urea groups is 1. The van der Waals surface area contributed by atoms with Gasteiger partial charge < -0.3 is 10.1 Å². The highest BCUT2D eigenvalue weighted by Crippen LogP contribution is 2.35. The Kier molecular flexibility index (Phi) is 4.49. The maximum atomic E-state index is 13.2. The summed E-state index contributed by atoms with van der Waals surface area (Å²) in [6.07, 6.45) is 0.481. The third kappa shape index (κ3) is 2.86. The Morgan fingerprint density at radius 3 is 2.44 bits per heavy atom. The van der Waals surface area contributed by atoms with Crippen molar-refractivity contribution in [3.8, 4) is 5.75 Å². The summed E-state index contributed by atoms with van der Waals surface area (Å²) in [5, 5.41) is 2.91. The van der Waals surface area contributed by atoms with Crippen LogP contribution in [0.1, 0.15) is 30.0 Å². The first-order valence-corrected chi connectivity index (χ1v) is 8.35. The average molecular weight is 338 g/mol. The summed E-state index contributed by atoms with van der Waals surface area (Å²) in [6, 6.07) is 14.7. The predicted molar refractivity (Wildman–Crippen MR) is 95.2 cm³/mol. The lowest BCUT2D eigenvalue weighted by Crippen LogP contribution is -2.43. The van der Waals surface area contributed by atoms with E-state index < -0.39 is 5.54 Å². The van der Waals surface area contributed by atoms with Gasteiger partial charge >= 0.3 is 6.03 Å². The van der Waals surface area contributed by atoms with Crippen molar-refractivity contribution in [3.05, 3.63) is 65.2 Å². The molecule has 1 atom stereocenters. The molecule has 2 aromatic rings. The van der Waals surface area contributed by atoms with E-state index in [9.17, 15) is 9.59 Å². The van der Waals surface area contributed by atoms with E-state index in [2.05, 4.69) is 5.32 Å². The number of aryl methyl sites for hydroxylation is 1. The zero-order chi connectivity index (χ0) is 18.0. The average Bonchev–Trinajstić information content (AvgIpc) is 2.87. The van der Waals surface area contributed by atoms with Crippen LogP contribution in [0.2, 0.25) is 0 Å². The van der Waals surface area contributed by atoms with E-state index in [0.29, 0.717) is 6.42 Å². The molecule has 0 aromatic heterocycles. The van der Waals surface area contributed by atoms with Gasteiger partial charge in [0, 0.05) is 0 Å². The fraction of sp³-hybridized carbons (Fsp3) is 0.300. The number of nitrogens with zero attached hydrogens (tertiary/aromatic N) is 1. The molecular formula is C20H22N2O3. The highest BCUT2D eigenvalue weighted by Gasteiger charge is 2.51. The Labute approximate surface area is 147 Å². The van der Waals surface area contributed by atoms with E-state index >= 15 is 0 Å². The van der Waals surface area contributed by atoms with Crippen LogP contribution >= 0.6 is 0 Å². The molecule has 0 bridgehead atoms. The Bertz CT molecular complexity index is 804. The summed E-state index contributed by atoms with van der Waals surface area (Å²) in [7, 11) is 1.61. The number of imide groups is 1. The summed E-state index contributed by atoms with van der Waals surface area (Å²) in [6.45, 7) is 4.10. The number of benzene rings is 2. The topological polar surface area (TPSA) is 58.6 Å². The maximum Gasteiger partial charge on any atom is 0.325 e. The first-order chi connectivity index (χ1) is 12.0. The van der Waals surface area contributed by atoms with Gasteiger partial charge in [-0.05, 0) is 42.2 Å². The Balaban J connectivity index is 1.95. The second-order valence-corrected chi connectivity index (χ2v) is 6.25. The van der Waals surface area contributed by atoms with Crippen LogP contribution in [-0.2, 0) is 16.9 Å². The molecule has 0 saturated carbocycles. The minimum Gasteiger partial charge on any atom is -0.496 e. The smallest absolute Gasteiger partial charge is 0.325 e. The maximum absolute atomic E-state index is 13.2. The van der Waals surface area contributed by atoms with Crippen molar-refractivity contribution < 1.29 is 14.3 Å². The van der Waals surface area contributed by atoms with Crippen LogP contribution < -0.4 is 10.1 Å². The highest BCUT2D eigenvalue weighted by atomic mass is 16.5. The predicted octanol–water partition coefficient (Wildman–Crippen LogP) is 3.36. The van der Waals surface area contributed by atoms with E-state index in [0.717, 1.165) is 22.4 Å². The third-order valence-electron chi connectivity index (χ3n) is 4.78. The van der Waals surface area contributed by atoms with E-state index in [1.807, 2.05) is 62.4 Å². The number of rotatable bonds is 5. The molecule has 130 valence electrons. The number of ether oxygens (including phenoxy) is 1. The number of methoxy groups -OCH3 is 1. The lowest BCUT2D eigenvalue weighted by atomic mass is 9.86. The molecule has 1 N–H and O–H groups in total. The number of amides is 3. The van der Waals surface area contributed by atoms with E-state index in [-0.39, 0.29) is 18.5 Å². The van der Waals surface area contributed by atoms with Crippen LogP contribution in [0.4, 0.5) is 4.79 Å². The molecule has 2 aromatic carbocycles. The number of carbonyl (C=O) groups excluding carboxylic acids is 2. The molecule has 1 saturated heterocycles. The first kappa shape index (κ1) is 17.0. The molecule has 3 amide bonds. The second kappa shape index (κ2) is 6.59. The van der Waals surface area contributed by atoms with Crippen molar-refractivity contribution in [2.75, 3.05) is 7.11 Å². The Hall–Kier alpha value is -2.82. The van der Waals surface area contributed by atoms with Crippen molar-refractivity contribution in [1.82, 2.24) is 10.2 Å². The number of carbonyl (C=O) groups is 2. The van der Waals surface area contributed by atoms with E-state index in [1.54, 1.807) is 7.11 Å². The molecule has 1 heterocycles. The summed E-state index contributed by atoms with van der Waals surface area (Å²) < 4.78 is 5.29. The largest absolute Gasteiger partial charge is 0.496 e. The minimum absolute atomic E-state index is 0.214. The van der Waals surface area contributed by atoms with Gasteiger partial charge in [0.1, 0.15) is 11.3 Å². The molecule has 1 fully saturated rings. The zero-order valence-corrected chi connectivity index (χ0v) is 14.7. The molecule has 5 nitrogen and oxygen atoms in total. The minimum atomic E-state index is -1.02. The molecule has 0 aliphatic carbocycles. The first-order valence-electron chi connectivity index (χ1n) is 8.35. The third-order valence-corrected chi connectivity index (χ3v) is 4.78. The normalized spacial score (nSPS) is 19.9. The number of hydrogen-bond acceptors (Lipinski definition) is 3. The summed E-state index contributed by atoms with van der Waals surface area (Å²) >= 11 is 0. The molecule has 1 aliphatic rings. The van der Waals surface area contributed by atoms with Crippen LogP contribution in [0.15, 0.2) is 48.5 Å². The van der Waals surface area contributed by atoms with Crippen LogP contribution in [0.25, 0.3) is 0 Å². The van der Waals surface area contributed by atoms with Gasteiger partial charge in [-0.1, -0.05) is 43.3 Å². The second-order valence-electron chi connectivity index (χ2n) is 6.25. The van der Waals surface area contributed by atoms with Crippen molar-refractivity contribution >= 4 is 11.9 Å². The van der Waals surface area contributed by atoms with Gasteiger partial charge in [-0.25, -0.2) is 4.79 Å². The summed E-state index contributed by atoms with van der Waals surface area (Å²) in [5.74, 6) is 0.543. The standard InChI is InChI=1S/C20H22N2O3/c1-4-20(16-10-11-17(25-3)14(2)12-16)18(23)22(19(24)21-20)13-15-8-6-5-7-9-15/h5-12H,4,13H2,1-3H3,(H,21,24). The van der Waals surface area contributed by atoms with Crippen molar-refractivity contribution in [1.29, 1.82) is 0 Å². The fourth-order valence-corrected chi connectivity index (χ4v) is 3.32. The van der Waals surface area contributed by atoms with Gasteiger partial charge in [0.05, 0.1) is 13.7 Å². The van der Waals surface area contributed by atoms with E-state index in [1.165, 1.54) is 4.90 Å². The van der Waals surface area contributed by atoms with Gasteiger partial charge in [-0.15, -0.1) is 0 Å². The fourth-order valence-electron chi connectivity index (χ4n) is 3.32. The molecule has 1 aliphatic heterocycles. The van der Waals surface area contributed by atoms with Crippen LogP contribution in [0.5, 0.6) is 5.75 Å². The highest BCUT2D eigenvalue weighted by molar-refractivity contribution is 6.07. The lowest BCUT2D eigenvalue weighted by Gasteiger charge is -2.26. The molecule has 3 rings (SSSR count). The SMILES string of the molecule is CCC1(c2ccc(OC)c(C)c2)NC(=O)N(Cc2ccccc2)C1=O. The van der Waals surface area contributed by atoms with Crippen LogP contribution in [0, 0.1) is 6.92 Å². The van der Waals surface area contributed by atoms with Crippen molar-refractivity contribution in [2.24, 2.45) is 0 Å². The van der Waals surface area contributed by atoms with Crippen LogP contribution in [-0.4, -0.2) is 23.9 Å². The number of nitrogens with one attached hydrogen (secondary N) is 1. The monoisotopic (exact) mass is 338 g/mol. The van der Waals surface area contributed by atoms with Gasteiger partial charge in [0.25, 0.3) is 5.91 Å². The quantitative estimate of drug-likeness (QED) is 0.851. The summed E-state index contributed by atoms with van der Waals surface area (Å²) in [5.41, 5.74) is 1.60. The Morgan fingerprint density at radius 1 is 1.12 bits per heavy atom. The number of hydrogen-bond donors (Lipinski definition) is 1. The Morgan fingerprint density at radius 2 is 1.84 bits per heavy atom. The lowest BCUT2D eigenvalue weighted by molar-refractivity contribution is -0.132. The van der Waals surface area contributed by atoms with Gasteiger partial charge in [0.2, 0.25) is 0 Å². The zero-order valence-electron chi connectivity index (χ0n) is 14.7. The van der Waals surface area contributed by atoms with Crippen LogP contribution in [0.3, 0.4) is 0 Å². The molecule has 5 heteroatoms. The molecule has 1 unspecified atom stereocenters. The van der Waals surface area contributed by atoms with E-state index in [4.69, 9.17) is 4.74 Å². The molecule has 0 radical (unpaired) electrons. The van der Waals surface area contributed by atoms with Gasteiger partial charge in [-0.2, -0.15) is 0 Å².